The fourth-order valence-electron chi connectivity index (χ4n) is 2.92. The summed E-state index contributed by atoms with van der Waals surface area (Å²) in [6.07, 6.45) is 5.76. The summed E-state index contributed by atoms with van der Waals surface area (Å²) in [6, 6.07) is 3.87. The van der Waals surface area contributed by atoms with Gasteiger partial charge in [-0.05, 0) is 48.8 Å². The van der Waals surface area contributed by atoms with Gasteiger partial charge in [-0.2, -0.15) is 0 Å². The van der Waals surface area contributed by atoms with Crippen molar-refractivity contribution in [1.82, 2.24) is 4.98 Å². The van der Waals surface area contributed by atoms with Crippen molar-refractivity contribution < 1.29 is 4.74 Å². The van der Waals surface area contributed by atoms with Crippen LogP contribution in [0.25, 0.3) is 0 Å². The molecule has 2 atom stereocenters. The van der Waals surface area contributed by atoms with Gasteiger partial charge in [0.1, 0.15) is 4.99 Å². The molecular formula is C15H22N2OS. The molecule has 19 heavy (non-hydrogen) atoms. The largest absolute Gasteiger partial charge is 0.388 e. The van der Waals surface area contributed by atoms with Crippen molar-refractivity contribution in [3.63, 3.8) is 0 Å². The molecule has 1 aromatic rings. The molecule has 104 valence electrons. The van der Waals surface area contributed by atoms with Crippen molar-refractivity contribution in [2.24, 2.45) is 17.6 Å². The molecule has 3 nitrogen and oxygen atoms in total. The van der Waals surface area contributed by atoms with Crippen LogP contribution in [0.4, 0.5) is 0 Å². The highest BCUT2D eigenvalue weighted by atomic mass is 32.1. The summed E-state index contributed by atoms with van der Waals surface area (Å²) in [7, 11) is 0. The van der Waals surface area contributed by atoms with Gasteiger partial charge in [-0.15, -0.1) is 0 Å². The highest BCUT2D eigenvalue weighted by Gasteiger charge is 2.24. The zero-order valence-electron chi connectivity index (χ0n) is 11.6. The molecule has 0 aliphatic heterocycles. The Hall–Kier alpha value is -1.00. The molecule has 1 aliphatic rings. The van der Waals surface area contributed by atoms with Crippen LogP contribution in [0.1, 0.15) is 44.4 Å². The smallest absolute Gasteiger partial charge is 0.122 e. The predicted octanol–water partition coefficient (Wildman–Crippen LogP) is 3.06. The van der Waals surface area contributed by atoms with Gasteiger partial charge in [0.2, 0.25) is 0 Å². The summed E-state index contributed by atoms with van der Waals surface area (Å²) >= 11 is 4.94. The number of aromatic nitrogens is 1. The normalized spacial score (nSPS) is 27.2. The van der Waals surface area contributed by atoms with E-state index in [2.05, 4.69) is 18.8 Å². The average molecular weight is 278 g/mol. The molecule has 0 saturated heterocycles. The average Bonchev–Trinajstić information content (AvgIpc) is 2.35. The van der Waals surface area contributed by atoms with Gasteiger partial charge in [-0.1, -0.05) is 26.1 Å². The van der Waals surface area contributed by atoms with Gasteiger partial charge >= 0.3 is 0 Å². The Labute approximate surface area is 120 Å². The highest BCUT2D eigenvalue weighted by Crippen LogP contribution is 2.30. The molecule has 2 rings (SSSR count). The van der Waals surface area contributed by atoms with Gasteiger partial charge in [0.25, 0.3) is 0 Å². The molecule has 1 heterocycles. The minimum atomic E-state index is 0.335. The topological polar surface area (TPSA) is 48.1 Å². The van der Waals surface area contributed by atoms with E-state index in [-0.39, 0.29) is 0 Å². The van der Waals surface area contributed by atoms with Gasteiger partial charge in [-0.3, -0.25) is 4.98 Å². The Morgan fingerprint density at radius 1 is 1.37 bits per heavy atom. The molecule has 1 fully saturated rings. The first-order chi connectivity index (χ1) is 9.04. The number of nitrogens with two attached hydrogens (primary N) is 1. The van der Waals surface area contributed by atoms with Gasteiger partial charge in [0.05, 0.1) is 18.4 Å². The van der Waals surface area contributed by atoms with E-state index in [1.54, 1.807) is 6.20 Å². The summed E-state index contributed by atoms with van der Waals surface area (Å²) < 4.78 is 6.03. The third-order valence-electron chi connectivity index (χ3n) is 3.70. The van der Waals surface area contributed by atoms with E-state index in [9.17, 15) is 0 Å². The number of thiocarbonyl (C=S) groups is 1. The number of rotatable bonds is 4. The number of hydrogen-bond donors (Lipinski definition) is 1. The second kappa shape index (κ2) is 6.44. The highest BCUT2D eigenvalue weighted by molar-refractivity contribution is 7.80. The fraction of sp³-hybridized carbons (Fsp3) is 0.600. The van der Waals surface area contributed by atoms with Crippen LogP contribution in [-0.2, 0) is 11.3 Å². The summed E-state index contributed by atoms with van der Waals surface area (Å²) in [6.45, 7) is 5.23. The first-order valence-corrected chi connectivity index (χ1v) is 7.31. The second-order valence-electron chi connectivity index (χ2n) is 5.76. The Kier molecular flexibility index (Phi) is 4.88. The molecule has 1 aromatic heterocycles. The number of pyridine rings is 1. The zero-order valence-corrected chi connectivity index (χ0v) is 12.5. The zero-order chi connectivity index (χ0) is 13.8. The quantitative estimate of drug-likeness (QED) is 0.860. The number of hydrogen-bond acceptors (Lipinski definition) is 3. The molecular weight excluding hydrogens is 256 g/mol. The van der Waals surface area contributed by atoms with E-state index in [1.807, 2.05) is 12.1 Å². The summed E-state index contributed by atoms with van der Waals surface area (Å²) in [5.41, 5.74) is 7.34. The van der Waals surface area contributed by atoms with E-state index in [0.717, 1.165) is 30.2 Å². The molecule has 2 N–H and O–H groups in total. The molecule has 1 aliphatic carbocycles. The summed E-state index contributed by atoms with van der Waals surface area (Å²) in [5.74, 6) is 1.52. The van der Waals surface area contributed by atoms with Gasteiger partial charge in [0, 0.05) is 6.20 Å². The standard InChI is InChI=1S/C15H22N2OS/c1-10-5-11(2)7-13(6-10)18-9-12-3-4-17-14(8-12)15(16)19/h3-4,8,10-11,13H,5-7,9H2,1-2H3,(H2,16,19). The Balaban J connectivity index is 1.91. The lowest BCUT2D eigenvalue weighted by Gasteiger charge is -2.31. The summed E-state index contributed by atoms with van der Waals surface area (Å²) in [4.78, 5) is 4.47. The van der Waals surface area contributed by atoms with E-state index in [4.69, 9.17) is 22.7 Å². The van der Waals surface area contributed by atoms with Crippen LogP contribution in [0, 0.1) is 11.8 Å². The second-order valence-corrected chi connectivity index (χ2v) is 6.20. The van der Waals surface area contributed by atoms with Crippen molar-refractivity contribution in [3.05, 3.63) is 29.6 Å². The lowest BCUT2D eigenvalue weighted by Crippen LogP contribution is -2.26. The predicted molar refractivity (Wildman–Crippen MR) is 80.9 cm³/mol. The van der Waals surface area contributed by atoms with Crippen molar-refractivity contribution in [1.29, 1.82) is 0 Å². The van der Waals surface area contributed by atoms with Crippen LogP contribution in [-0.4, -0.2) is 16.1 Å². The molecule has 2 unspecified atom stereocenters. The molecule has 0 spiro atoms. The maximum absolute atomic E-state index is 6.03. The maximum Gasteiger partial charge on any atom is 0.122 e. The van der Waals surface area contributed by atoms with E-state index < -0.39 is 0 Å². The van der Waals surface area contributed by atoms with Crippen LogP contribution >= 0.6 is 12.2 Å². The lowest BCUT2D eigenvalue weighted by atomic mass is 9.82. The van der Waals surface area contributed by atoms with Crippen LogP contribution < -0.4 is 5.73 Å². The maximum atomic E-state index is 6.03. The van der Waals surface area contributed by atoms with Crippen molar-refractivity contribution in [2.75, 3.05) is 0 Å². The fourth-order valence-corrected chi connectivity index (χ4v) is 3.03. The third-order valence-corrected chi connectivity index (χ3v) is 3.91. The Morgan fingerprint density at radius 3 is 2.68 bits per heavy atom. The van der Waals surface area contributed by atoms with Crippen LogP contribution in [0.15, 0.2) is 18.3 Å². The van der Waals surface area contributed by atoms with Crippen LogP contribution in [0.2, 0.25) is 0 Å². The van der Waals surface area contributed by atoms with Crippen molar-refractivity contribution in [3.8, 4) is 0 Å². The van der Waals surface area contributed by atoms with Crippen LogP contribution in [0.3, 0.4) is 0 Å². The molecule has 0 amide bonds. The Morgan fingerprint density at radius 2 is 2.05 bits per heavy atom. The minimum absolute atomic E-state index is 0.335. The van der Waals surface area contributed by atoms with Gasteiger partial charge < -0.3 is 10.5 Å². The third kappa shape index (κ3) is 4.25. The molecule has 1 saturated carbocycles. The monoisotopic (exact) mass is 278 g/mol. The molecule has 0 radical (unpaired) electrons. The van der Waals surface area contributed by atoms with Gasteiger partial charge in [0.15, 0.2) is 0 Å². The van der Waals surface area contributed by atoms with E-state index in [1.165, 1.54) is 6.42 Å². The molecule has 0 bridgehead atoms. The number of ether oxygens (including phenoxy) is 1. The van der Waals surface area contributed by atoms with Crippen molar-refractivity contribution in [2.45, 2.75) is 45.8 Å². The SMILES string of the molecule is CC1CC(C)CC(OCc2ccnc(C(N)=S)c2)C1. The Bertz CT molecular complexity index is 440. The lowest BCUT2D eigenvalue weighted by molar-refractivity contribution is -0.00918. The van der Waals surface area contributed by atoms with E-state index >= 15 is 0 Å². The van der Waals surface area contributed by atoms with Crippen molar-refractivity contribution >= 4 is 17.2 Å². The van der Waals surface area contributed by atoms with E-state index in [0.29, 0.717) is 23.4 Å². The first kappa shape index (κ1) is 14.4. The summed E-state index contributed by atoms with van der Waals surface area (Å²) in [5, 5.41) is 0. The van der Waals surface area contributed by atoms with Gasteiger partial charge in [-0.25, -0.2) is 0 Å². The van der Waals surface area contributed by atoms with Crippen LogP contribution in [0.5, 0.6) is 0 Å². The first-order valence-electron chi connectivity index (χ1n) is 6.91. The number of nitrogens with zero attached hydrogens (tertiary/aromatic N) is 1. The molecule has 0 aromatic carbocycles. The molecule has 4 heteroatoms. The minimum Gasteiger partial charge on any atom is -0.388 e.